The maximum atomic E-state index is 11.6. The van der Waals surface area contributed by atoms with Gasteiger partial charge >= 0.3 is 0 Å². The van der Waals surface area contributed by atoms with Gasteiger partial charge in [0, 0.05) is 31.1 Å². The number of carbonyl (C=O) groups excluding carboxylic acids is 1. The maximum Gasteiger partial charge on any atom is 0.221 e. The Labute approximate surface area is 138 Å². The Hall–Kier alpha value is -2.24. The summed E-state index contributed by atoms with van der Waals surface area (Å²) in [5.41, 5.74) is 1.02. The third-order valence-corrected chi connectivity index (χ3v) is 3.04. The van der Waals surface area contributed by atoms with Gasteiger partial charge in [-0.2, -0.15) is 0 Å². The third-order valence-electron chi connectivity index (χ3n) is 3.04. The molecule has 0 aliphatic carbocycles. The summed E-state index contributed by atoms with van der Waals surface area (Å²) in [7, 11) is 1.65. The van der Waals surface area contributed by atoms with Crippen molar-refractivity contribution in [2.24, 2.45) is 4.99 Å². The van der Waals surface area contributed by atoms with E-state index in [0.29, 0.717) is 25.5 Å². The molecular weight excluding hydrogens is 292 g/mol. The van der Waals surface area contributed by atoms with E-state index in [1.807, 2.05) is 45.0 Å². The monoisotopic (exact) mass is 320 g/mol. The number of para-hydroxylation sites is 1. The van der Waals surface area contributed by atoms with Crippen LogP contribution < -0.4 is 20.7 Å². The molecule has 1 aromatic carbocycles. The van der Waals surface area contributed by atoms with E-state index in [4.69, 9.17) is 4.74 Å². The number of hydrogen-bond acceptors (Lipinski definition) is 3. The molecule has 0 atom stereocenters. The van der Waals surface area contributed by atoms with E-state index in [1.54, 1.807) is 7.11 Å². The van der Waals surface area contributed by atoms with E-state index < -0.39 is 0 Å². The van der Waals surface area contributed by atoms with Crippen molar-refractivity contribution in [2.75, 3.05) is 20.2 Å². The minimum atomic E-state index is 0.0353. The van der Waals surface area contributed by atoms with Gasteiger partial charge in [0.25, 0.3) is 0 Å². The maximum absolute atomic E-state index is 11.6. The van der Waals surface area contributed by atoms with Crippen molar-refractivity contribution >= 4 is 11.9 Å². The highest BCUT2D eigenvalue weighted by Crippen LogP contribution is 2.17. The highest BCUT2D eigenvalue weighted by Gasteiger charge is 2.05. The standard InChI is InChI=1S/C17H28N4O2/c1-5-18-17(19-11-10-16(22)21-13(2)3)20-12-14-8-6-7-9-15(14)23-4/h6-9,13H,5,10-12H2,1-4H3,(H,21,22)(H2,18,19,20). The number of amides is 1. The van der Waals surface area contributed by atoms with Crippen LogP contribution in [0.25, 0.3) is 0 Å². The smallest absolute Gasteiger partial charge is 0.221 e. The first-order chi connectivity index (χ1) is 11.1. The summed E-state index contributed by atoms with van der Waals surface area (Å²) in [5.74, 6) is 1.55. The molecule has 0 spiro atoms. The summed E-state index contributed by atoms with van der Waals surface area (Å²) < 4.78 is 5.32. The average molecular weight is 320 g/mol. The first-order valence-electron chi connectivity index (χ1n) is 8.00. The first-order valence-corrected chi connectivity index (χ1v) is 8.00. The zero-order chi connectivity index (χ0) is 17.1. The number of methoxy groups -OCH3 is 1. The van der Waals surface area contributed by atoms with Gasteiger partial charge in [-0.3, -0.25) is 4.79 Å². The van der Waals surface area contributed by atoms with E-state index in [0.717, 1.165) is 17.9 Å². The second kappa shape index (κ2) is 10.5. The fourth-order valence-corrected chi connectivity index (χ4v) is 2.03. The highest BCUT2D eigenvalue weighted by atomic mass is 16.5. The van der Waals surface area contributed by atoms with Crippen LogP contribution in [0.2, 0.25) is 0 Å². The number of aliphatic imine (C=N–C) groups is 1. The SMILES string of the molecule is CCNC(=NCc1ccccc1OC)NCCC(=O)NC(C)C. The van der Waals surface area contributed by atoms with Crippen LogP contribution >= 0.6 is 0 Å². The van der Waals surface area contributed by atoms with Crippen LogP contribution in [0.4, 0.5) is 0 Å². The molecule has 1 rings (SSSR count). The molecule has 0 unspecified atom stereocenters. The lowest BCUT2D eigenvalue weighted by molar-refractivity contribution is -0.121. The number of nitrogens with zero attached hydrogens (tertiary/aromatic N) is 1. The largest absolute Gasteiger partial charge is 0.496 e. The molecule has 6 heteroatoms. The second-order valence-corrected chi connectivity index (χ2v) is 5.41. The minimum absolute atomic E-state index is 0.0353. The molecule has 1 amide bonds. The predicted molar refractivity (Wildman–Crippen MR) is 93.7 cm³/mol. The zero-order valence-electron chi connectivity index (χ0n) is 14.5. The first kappa shape index (κ1) is 18.8. The van der Waals surface area contributed by atoms with Crippen LogP contribution in [0.3, 0.4) is 0 Å². The zero-order valence-corrected chi connectivity index (χ0v) is 14.5. The summed E-state index contributed by atoms with van der Waals surface area (Å²) >= 11 is 0. The van der Waals surface area contributed by atoms with Crippen LogP contribution in [0.5, 0.6) is 5.75 Å². The van der Waals surface area contributed by atoms with Crippen molar-refractivity contribution in [1.29, 1.82) is 0 Å². The van der Waals surface area contributed by atoms with Gasteiger partial charge in [-0.05, 0) is 26.8 Å². The molecule has 3 N–H and O–H groups in total. The van der Waals surface area contributed by atoms with Crippen molar-refractivity contribution < 1.29 is 9.53 Å². The fraction of sp³-hybridized carbons (Fsp3) is 0.529. The second-order valence-electron chi connectivity index (χ2n) is 5.41. The Morgan fingerprint density at radius 2 is 2.00 bits per heavy atom. The topological polar surface area (TPSA) is 74.8 Å². The Kier molecular flexibility index (Phi) is 8.57. The minimum Gasteiger partial charge on any atom is -0.496 e. The van der Waals surface area contributed by atoms with E-state index in [-0.39, 0.29) is 11.9 Å². The molecule has 1 aromatic rings. The van der Waals surface area contributed by atoms with Crippen LogP contribution in [0, 0.1) is 0 Å². The van der Waals surface area contributed by atoms with Crippen molar-refractivity contribution in [3.8, 4) is 5.75 Å². The third kappa shape index (κ3) is 7.54. The number of hydrogen-bond donors (Lipinski definition) is 3. The summed E-state index contributed by atoms with van der Waals surface area (Å²) in [6, 6.07) is 7.96. The molecule has 0 aromatic heterocycles. The summed E-state index contributed by atoms with van der Waals surface area (Å²) in [5, 5.41) is 9.21. The molecular formula is C17H28N4O2. The Morgan fingerprint density at radius 1 is 1.26 bits per heavy atom. The molecule has 0 aliphatic rings. The van der Waals surface area contributed by atoms with Gasteiger partial charge in [-0.25, -0.2) is 4.99 Å². The quantitative estimate of drug-likeness (QED) is 0.503. The number of guanidine groups is 1. The van der Waals surface area contributed by atoms with Gasteiger partial charge in [-0.1, -0.05) is 18.2 Å². The van der Waals surface area contributed by atoms with E-state index in [1.165, 1.54) is 0 Å². The van der Waals surface area contributed by atoms with Gasteiger partial charge in [0.15, 0.2) is 5.96 Å². The van der Waals surface area contributed by atoms with Gasteiger partial charge in [0.1, 0.15) is 5.75 Å². The Bertz CT molecular complexity index is 515. The molecule has 128 valence electrons. The molecule has 0 saturated carbocycles. The van der Waals surface area contributed by atoms with Gasteiger partial charge in [-0.15, -0.1) is 0 Å². The molecule has 23 heavy (non-hydrogen) atoms. The molecule has 0 fully saturated rings. The lowest BCUT2D eigenvalue weighted by Gasteiger charge is -2.13. The lowest BCUT2D eigenvalue weighted by Crippen LogP contribution is -2.40. The summed E-state index contributed by atoms with van der Waals surface area (Å²) in [6.07, 6.45) is 0.414. The van der Waals surface area contributed by atoms with Crippen LogP contribution in [-0.4, -0.2) is 38.1 Å². The lowest BCUT2D eigenvalue weighted by atomic mass is 10.2. The van der Waals surface area contributed by atoms with Crippen LogP contribution in [0.15, 0.2) is 29.3 Å². The average Bonchev–Trinajstić information content (AvgIpc) is 2.52. The van der Waals surface area contributed by atoms with Crippen molar-refractivity contribution in [2.45, 2.75) is 39.8 Å². The van der Waals surface area contributed by atoms with E-state index in [2.05, 4.69) is 20.9 Å². The summed E-state index contributed by atoms with van der Waals surface area (Å²) in [6.45, 7) is 7.71. The van der Waals surface area contributed by atoms with E-state index in [9.17, 15) is 4.79 Å². The fourth-order valence-electron chi connectivity index (χ4n) is 2.03. The summed E-state index contributed by atoms with van der Waals surface area (Å²) in [4.78, 5) is 16.2. The molecule has 0 radical (unpaired) electrons. The number of benzene rings is 1. The number of carbonyl (C=O) groups is 1. The van der Waals surface area contributed by atoms with Crippen molar-refractivity contribution in [3.63, 3.8) is 0 Å². The van der Waals surface area contributed by atoms with Gasteiger partial charge < -0.3 is 20.7 Å². The molecule has 0 heterocycles. The Balaban J connectivity index is 2.54. The van der Waals surface area contributed by atoms with Gasteiger partial charge in [0.2, 0.25) is 5.91 Å². The number of rotatable bonds is 8. The number of nitrogens with one attached hydrogen (secondary N) is 3. The predicted octanol–water partition coefficient (Wildman–Crippen LogP) is 1.66. The van der Waals surface area contributed by atoms with Gasteiger partial charge in [0.05, 0.1) is 13.7 Å². The normalized spacial score (nSPS) is 11.3. The molecule has 6 nitrogen and oxygen atoms in total. The Morgan fingerprint density at radius 3 is 2.65 bits per heavy atom. The van der Waals surface area contributed by atoms with Crippen LogP contribution in [-0.2, 0) is 11.3 Å². The van der Waals surface area contributed by atoms with Crippen molar-refractivity contribution in [3.05, 3.63) is 29.8 Å². The highest BCUT2D eigenvalue weighted by molar-refractivity contribution is 5.81. The molecule has 0 saturated heterocycles. The molecule has 0 aliphatic heterocycles. The van der Waals surface area contributed by atoms with Crippen LogP contribution in [0.1, 0.15) is 32.8 Å². The van der Waals surface area contributed by atoms with E-state index >= 15 is 0 Å². The number of ether oxygens (including phenoxy) is 1. The van der Waals surface area contributed by atoms with Crippen molar-refractivity contribution in [1.82, 2.24) is 16.0 Å². The molecule has 0 bridgehead atoms.